The summed E-state index contributed by atoms with van der Waals surface area (Å²) in [6, 6.07) is 6.10. The quantitative estimate of drug-likeness (QED) is 0.846. The molecule has 1 aromatic carbocycles. The van der Waals surface area contributed by atoms with Crippen molar-refractivity contribution in [2.75, 3.05) is 0 Å². The maximum Gasteiger partial charge on any atom is 0.473 e. The van der Waals surface area contributed by atoms with Crippen LogP contribution >= 0.6 is 15.9 Å². The summed E-state index contributed by atoms with van der Waals surface area (Å²) in [5, 5.41) is 14.2. The number of alkyl halides is 3. The van der Waals surface area contributed by atoms with Gasteiger partial charge in [0.25, 0.3) is 0 Å². The van der Waals surface area contributed by atoms with E-state index in [1.165, 1.54) is 19.1 Å². The lowest BCUT2D eigenvalue weighted by Crippen LogP contribution is -2.48. The summed E-state index contributed by atoms with van der Waals surface area (Å²) in [5.41, 5.74) is -1.73. The monoisotopic (exact) mass is 350 g/mol. The number of carbonyl (C=O) groups excluding carboxylic acids is 1. The van der Waals surface area contributed by atoms with Gasteiger partial charge in [0.05, 0.1) is 0 Å². The van der Waals surface area contributed by atoms with Crippen LogP contribution in [-0.2, 0) is 10.5 Å². The van der Waals surface area contributed by atoms with Gasteiger partial charge in [0.2, 0.25) is 0 Å². The second-order valence-corrected chi connectivity index (χ2v) is 5.37. The highest BCUT2D eigenvalue weighted by Crippen LogP contribution is 2.38. The van der Waals surface area contributed by atoms with Crippen LogP contribution < -0.4 is 0 Å². The van der Waals surface area contributed by atoms with E-state index in [1.54, 1.807) is 12.1 Å². The molecule has 108 valence electrons. The largest absolute Gasteiger partial charge is 0.473 e. The van der Waals surface area contributed by atoms with E-state index in [4.69, 9.17) is 0 Å². The van der Waals surface area contributed by atoms with E-state index < -0.39 is 17.8 Å². The number of nitrogens with zero attached hydrogens (tertiary/aromatic N) is 2. The number of amides is 1. The smallest absolute Gasteiger partial charge is 0.365 e. The second kappa shape index (κ2) is 4.85. The number of hydrazone groups is 1. The third kappa shape index (κ3) is 2.57. The van der Waals surface area contributed by atoms with E-state index in [9.17, 15) is 23.1 Å². The van der Waals surface area contributed by atoms with E-state index in [0.717, 1.165) is 0 Å². The Hall–Kier alpha value is -1.41. The molecule has 0 fully saturated rings. The summed E-state index contributed by atoms with van der Waals surface area (Å²) in [6.45, 7) is 1.45. The molecule has 4 nitrogen and oxygen atoms in total. The SMILES string of the molecule is CC1=NN(C(=O)C(F)(F)F)[C@@](O)(c2cccc(Br)c2)C1. The van der Waals surface area contributed by atoms with Crippen LogP contribution in [-0.4, -0.2) is 27.9 Å². The Balaban J connectivity index is 2.47. The lowest BCUT2D eigenvalue weighted by molar-refractivity contribution is -0.206. The third-order valence-corrected chi connectivity index (χ3v) is 3.34. The van der Waals surface area contributed by atoms with Gasteiger partial charge in [0.1, 0.15) is 0 Å². The molecule has 1 atom stereocenters. The van der Waals surface area contributed by atoms with Gasteiger partial charge in [0.15, 0.2) is 5.72 Å². The van der Waals surface area contributed by atoms with E-state index >= 15 is 0 Å². The molecular weight excluding hydrogens is 341 g/mol. The molecule has 0 spiro atoms. The van der Waals surface area contributed by atoms with Crippen LogP contribution in [0.1, 0.15) is 18.9 Å². The third-order valence-electron chi connectivity index (χ3n) is 2.85. The van der Waals surface area contributed by atoms with Crippen molar-refractivity contribution in [1.82, 2.24) is 5.01 Å². The number of hydrogen-bond donors (Lipinski definition) is 1. The normalized spacial score (nSPS) is 22.9. The van der Waals surface area contributed by atoms with Gasteiger partial charge in [-0.05, 0) is 19.1 Å². The molecule has 0 saturated heterocycles. The van der Waals surface area contributed by atoms with Crippen molar-refractivity contribution in [3.05, 3.63) is 34.3 Å². The lowest BCUT2D eigenvalue weighted by Gasteiger charge is -2.31. The minimum absolute atomic E-state index is 0.101. The van der Waals surface area contributed by atoms with Gasteiger partial charge >= 0.3 is 12.1 Å². The number of rotatable bonds is 1. The Morgan fingerprint density at radius 3 is 2.70 bits per heavy atom. The Labute approximate surface area is 121 Å². The first kappa shape index (κ1) is 15.0. The number of carbonyl (C=O) groups is 1. The minimum Gasteiger partial charge on any atom is -0.365 e. The first-order chi connectivity index (χ1) is 9.14. The first-order valence-electron chi connectivity index (χ1n) is 5.58. The van der Waals surface area contributed by atoms with Crippen molar-refractivity contribution >= 4 is 27.5 Å². The van der Waals surface area contributed by atoms with Gasteiger partial charge in [-0.1, -0.05) is 28.1 Å². The Bertz CT molecular complexity index is 588. The molecule has 0 bridgehead atoms. The first-order valence-corrected chi connectivity index (χ1v) is 6.38. The summed E-state index contributed by atoms with van der Waals surface area (Å²) in [6.07, 6.45) is -5.28. The molecule has 8 heteroatoms. The van der Waals surface area contributed by atoms with Gasteiger partial charge in [-0.15, -0.1) is 0 Å². The maximum absolute atomic E-state index is 12.6. The molecule has 1 aliphatic rings. The molecule has 1 heterocycles. The number of benzene rings is 1. The molecule has 0 radical (unpaired) electrons. The average Bonchev–Trinajstić information content (AvgIpc) is 2.64. The highest BCUT2D eigenvalue weighted by atomic mass is 79.9. The molecule has 1 aliphatic heterocycles. The van der Waals surface area contributed by atoms with Crippen molar-refractivity contribution in [1.29, 1.82) is 0 Å². The van der Waals surface area contributed by atoms with E-state index in [2.05, 4.69) is 21.0 Å². The van der Waals surface area contributed by atoms with Crippen molar-refractivity contribution < 1.29 is 23.1 Å². The molecule has 2 rings (SSSR count). The molecule has 0 aromatic heterocycles. The molecule has 0 unspecified atom stereocenters. The molecule has 1 amide bonds. The molecule has 0 aliphatic carbocycles. The molecule has 0 saturated carbocycles. The van der Waals surface area contributed by atoms with Crippen LogP contribution in [0.2, 0.25) is 0 Å². The summed E-state index contributed by atoms with van der Waals surface area (Å²) >= 11 is 3.17. The maximum atomic E-state index is 12.6. The van der Waals surface area contributed by atoms with Crippen molar-refractivity contribution in [2.45, 2.75) is 25.2 Å². The average molecular weight is 351 g/mol. The van der Waals surface area contributed by atoms with Gasteiger partial charge in [0, 0.05) is 22.2 Å². The van der Waals surface area contributed by atoms with Gasteiger partial charge in [-0.2, -0.15) is 23.3 Å². The fraction of sp³-hybridized carbons (Fsp3) is 0.333. The summed E-state index contributed by atoms with van der Waals surface area (Å²) in [4.78, 5) is 11.4. The van der Waals surface area contributed by atoms with Gasteiger partial charge < -0.3 is 5.11 Å². The van der Waals surface area contributed by atoms with Crippen LogP contribution in [0.15, 0.2) is 33.8 Å². The molecule has 20 heavy (non-hydrogen) atoms. The van der Waals surface area contributed by atoms with Crippen LogP contribution in [0, 0.1) is 0 Å². The minimum atomic E-state index is -5.10. The van der Waals surface area contributed by atoms with Crippen LogP contribution in [0.4, 0.5) is 13.2 Å². The van der Waals surface area contributed by atoms with E-state index in [1.807, 2.05) is 0 Å². The van der Waals surface area contributed by atoms with Crippen molar-refractivity contribution in [2.24, 2.45) is 5.10 Å². The highest BCUT2D eigenvalue weighted by molar-refractivity contribution is 9.10. The number of aliphatic hydroxyl groups is 1. The summed E-state index contributed by atoms with van der Waals surface area (Å²) < 4.78 is 38.3. The predicted octanol–water partition coefficient (Wildman–Crippen LogP) is 2.76. The van der Waals surface area contributed by atoms with E-state index in [-0.39, 0.29) is 22.7 Å². The van der Waals surface area contributed by atoms with Crippen molar-refractivity contribution in [3.63, 3.8) is 0 Å². The molecular formula is C12H10BrF3N2O2. The Morgan fingerprint density at radius 2 is 2.15 bits per heavy atom. The fourth-order valence-electron chi connectivity index (χ4n) is 2.02. The van der Waals surface area contributed by atoms with Crippen LogP contribution in [0.5, 0.6) is 0 Å². The Morgan fingerprint density at radius 1 is 1.50 bits per heavy atom. The van der Waals surface area contributed by atoms with Crippen LogP contribution in [0.25, 0.3) is 0 Å². The number of halogens is 4. The van der Waals surface area contributed by atoms with E-state index in [0.29, 0.717) is 4.47 Å². The predicted molar refractivity (Wildman–Crippen MR) is 68.7 cm³/mol. The van der Waals surface area contributed by atoms with Crippen molar-refractivity contribution in [3.8, 4) is 0 Å². The van der Waals surface area contributed by atoms with Gasteiger partial charge in [-0.3, -0.25) is 4.79 Å². The lowest BCUT2D eigenvalue weighted by atomic mass is 9.98. The highest BCUT2D eigenvalue weighted by Gasteiger charge is 2.53. The zero-order valence-electron chi connectivity index (χ0n) is 10.3. The molecule has 1 aromatic rings. The summed E-state index contributed by atoms with van der Waals surface area (Å²) in [5.74, 6) is -2.20. The Kier molecular flexibility index (Phi) is 3.64. The standard InChI is InChI=1S/C12H10BrF3N2O2/c1-7-6-11(20,8-3-2-4-9(13)5-8)18(17-7)10(19)12(14,15)16/h2-5,20H,6H2,1H3/t11-/m0/s1. The van der Waals surface area contributed by atoms with Gasteiger partial charge in [-0.25, -0.2) is 0 Å². The molecule has 1 N–H and O–H groups in total. The fourth-order valence-corrected chi connectivity index (χ4v) is 2.42. The topological polar surface area (TPSA) is 52.9 Å². The zero-order valence-corrected chi connectivity index (χ0v) is 11.9. The number of hydrogen-bond acceptors (Lipinski definition) is 3. The zero-order chi connectivity index (χ0) is 15.1. The van der Waals surface area contributed by atoms with Crippen LogP contribution in [0.3, 0.4) is 0 Å². The second-order valence-electron chi connectivity index (χ2n) is 4.45. The summed E-state index contributed by atoms with van der Waals surface area (Å²) in [7, 11) is 0.